The van der Waals surface area contributed by atoms with Crippen LogP contribution in [0.5, 0.6) is 0 Å². The van der Waals surface area contributed by atoms with Crippen LogP contribution in [0.2, 0.25) is 5.15 Å². The molecule has 0 aliphatic rings. The minimum Gasteiger partial charge on any atom is -0.397 e. The summed E-state index contributed by atoms with van der Waals surface area (Å²) in [5.74, 6) is 1.43. The van der Waals surface area contributed by atoms with Gasteiger partial charge in [0.1, 0.15) is 5.15 Å². The highest BCUT2D eigenvalue weighted by Crippen LogP contribution is 2.14. The summed E-state index contributed by atoms with van der Waals surface area (Å²) >= 11 is 7.38. The van der Waals surface area contributed by atoms with Crippen molar-refractivity contribution in [3.05, 3.63) is 23.0 Å². The molecule has 0 aliphatic carbocycles. The van der Waals surface area contributed by atoms with Crippen molar-refractivity contribution in [1.29, 1.82) is 0 Å². The third-order valence-electron chi connectivity index (χ3n) is 2.12. The summed E-state index contributed by atoms with van der Waals surface area (Å²) in [6.07, 6.45) is 2.14. The van der Waals surface area contributed by atoms with Gasteiger partial charge >= 0.3 is 0 Å². The Morgan fingerprint density at radius 2 is 2.33 bits per heavy atom. The normalized spacial score (nSPS) is 10.3. The first-order valence-corrected chi connectivity index (χ1v) is 7.06. The van der Waals surface area contributed by atoms with Gasteiger partial charge in [-0.25, -0.2) is 4.98 Å². The van der Waals surface area contributed by atoms with Crippen molar-refractivity contribution in [2.45, 2.75) is 6.42 Å². The highest BCUT2D eigenvalue weighted by atomic mass is 35.5. The summed E-state index contributed by atoms with van der Waals surface area (Å²) in [5, 5.41) is 11.6. The third-order valence-corrected chi connectivity index (χ3v) is 3.40. The molecule has 1 amide bonds. The number of nitrogens with zero attached hydrogens (tertiary/aromatic N) is 1. The Balaban J connectivity index is 2.34. The number of anilines is 1. The lowest BCUT2D eigenvalue weighted by atomic mass is 10.2. The predicted molar refractivity (Wildman–Crippen MR) is 75.0 cm³/mol. The molecule has 18 heavy (non-hydrogen) atoms. The number of rotatable bonds is 7. The van der Waals surface area contributed by atoms with Gasteiger partial charge in [0, 0.05) is 18.9 Å². The first kappa shape index (κ1) is 15.1. The van der Waals surface area contributed by atoms with Crippen LogP contribution in [-0.2, 0) is 0 Å². The first-order chi connectivity index (χ1) is 8.65. The lowest BCUT2D eigenvalue weighted by Crippen LogP contribution is -2.26. The van der Waals surface area contributed by atoms with Crippen LogP contribution in [0.4, 0.5) is 5.69 Å². The molecule has 1 heterocycles. The second-order valence-electron chi connectivity index (χ2n) is 3.54. The zero-order chi connectivity index (χ0) is 13.4. The molecule has 0 saturated heterocycles. The Hall–Kier alpha value is -0.980. The molecule has 0 aromatic carbocycles. The molecule has 0 fully saturated rings. The van der Waals surface area contributed by atoms with Crippen LogP contribution in [0.25, 0.3) is 0 Å². The molecular formula is C11H16ClN3O2S. The summed E-state index contributed by atoms with van der Waals surface area (Å²) in [5.41, 5.74) is 6.30. The zero-order valence-corrected chi connectivity index (χ0v) is 11.4. The molecule has 1 aromatic heterocycles. The second kappa shape index (κ2) is 8.18. The lowest BCUT2D eigenvalue weighted by molar-refractivity contribution is 0.0957. The van der Waals surface area contributed by atoms with Crippen molar-refractivity contribution < 1.29 is 9.90 Å². The number of aromatic nitrogens is 1. The average Bonchev–Trinajstić information content (AvgIpc) is 2.36. The molecule has 0 radical (unpaired) electrons. The van der Waals surface area contributed by atoms with Crippen molar-refractivity contribution in [2.24, 2.45) is 0 Å². The van der Waals surface area contributed by atoms with Gasteiger partial charge in [0.15, 0.2) is 0 Å². The Kier molecular flexibility index (Phi) is 6.85. The van der Waals surface area contributed by atoms with E-state index in [0.717, 1.165) is 17.9 Å². The molecule has 100 valence electrons. The van der Waals surface area contributed by atoms with Crippen LogP contribution < -0.4 is 11.1 Å². The quantitative estimate of drug-likeness (QED) is 0.518. The van der Waals surface area contributed by atoms with Crippen molar-refractivity contribution in [3.8, 4) is 0 Å². The maximum atomic E-state index is 11.8. The number of halogens is 1. The van der Waals surface area contributed by atoms with E-state index in [1.807, 2.05) is 0 Å². The number of thioether (sulfide) groups is 1. The van der Waals surface area contributed by atoms with E-state index in [1.54, 1.807) is 11.8 Å². The number of hydrogen-bond acceptors (Lipinski definition) is 5. The lowest BCUT2D eigenvalue weighted by Gasteiger charge is -2.07. The fraction of sp³-hybridized carbons (Fsp3) is 0.455. The van der Waals surface area contributed by atoms with Crippen molar-refractivity contribution >= 4 is 35.0 Å². The number of hydrogen-bond donors (Lipinski definition) is 3. The third kappa shape index (κ3) is 5.12. The topological polar surface area (TPSA) is 88.2 Å². The molecule has 1 aromatic rings. The van der Waals surface area contributed by atoms with Crippen molar-refractivity contribution in [1.82, 2.24) is 10.3 Å². The number of aliphatic hydroxyl groups is 1. The number of carbonyl (C=O) groups is 1. The Labute approximate surface area is 115 Å². The standard InChI is InChI=1S/C11H16ClN3O2S/c12-10-6-8(9(13)7-15-10)11(17)14-2-5-18-4-1-3-16/h6-7,16H,1-5,13H2,(H,14,17). The number of nitrogens with two attached hydrogens (primary N) is 1. The van der Waals surface area contributed by atoms with Crippen LogP contribution in [-0.4, -0.2) is 40.7 Å². The van der Waals surface area contributed by atoms with E-state index >= 15 is 0 Å². The van der Waals surface area contributed by atoms with E-state index in [2.05, 4.69) is 10.3 Å². The number of nitrogens with one attached hydrogen (secondary N) is 1. The summed E-state index contributed by atoms with van der Waals surface area (Å²) in [6.45, 7) is 0.750. The minimum absolute atomic E-state index is 0.200. The maximum Gasteiger partial charge on any atom is 0.253 e. The molecule has 0 spiro atoms. The number of nitrogen functional groups attached to an aromatic ring is 1. The maximum absolute atomic E-state index is 11.8. The Morgan fingerprint density at radius 3 is 3.06 bits per heavy atom. The predicted octanol–water partition coefficient (Wildman–Crippen LogP) is 1.16. The number of amides is 1. The van der Waals surface area contributed by atoms with E-state index in [-0.39, 0.29) is 17.7 Å². The molecule has 5 nitrogen and oxygen atoms in total. The molecular weight excluding hydrogens is 274 g/mol. The van der Waals surface area contributed by atoms with Crippen LogP contribution in [0.15, 0.2) is 12.3 Å². The van der Waals surface area contributed by atoms with Gasteiger partial charge in [0.05, 0.1) is 17.4 Å². The van der Waals surface area contributed by atoms with E-state index in [4.69, 9.17) is 22.4 Å². The molecule has 0 atom stereocenters. The highest BCUT2D eigenvalue weighted by Gasteiger charge is 2.10. The molecule has 1 rings (SSSR count). The summed E-state index contributed by atoms with van der Waals surface area (Å²) in [6, 6.07) is 1.45. The van der Waals surface area contributed by atoms with Gasteiger partial charge in [0.25, 0.3) is 5.91 Å². The monoisotopic (exact) mass is 289 g/mol. The van der Waals surface area contributed by atoms with Crippen LogP contribution >= 0.6 is 23.4 Å². The van der Waals surface area contributed by atoms with Gasteiger partial charge in [-0.1, -0.05) is 11.6 Å². The van der Waals surface area contributed by atoms with Gasteiger partial charge in [-0.15, -0.1) is 0 Å². The van der Waals surface area contributed by atoms with Crippen LogP contribution in [0.1, 0.15) is 16.8 Å². The van der Waals surface area contributed by atoms with Gasteiger partial charge in [-0.3, -0.25) is 4.79 Å². The van der Waals surface area contributed by atoms with Crippen molar-refractivity contribution in [2.75, 3.05) is 30.4 Å². The SMILES string of the molecule is Nc1cnc(Cl)cc1C(=O)NCCSCCCO. The van der Waals surface area contributed by atoms with E-state index in [0.29, 0.717) is 17.8 Å². The van der Waals surface area contributed by atoms with Gasteiger partial charge < -0.3 is 16.2 Å². The van der Waals surface area contributed by atoms with E-state index in [1.165, 1.54) is 12.3 Å². The number of pyridine rings is 1. The smallest absolute Gasteiger partial charge is 0.253 e. The Morgan fingerprint density at radius 1 is 1.56 bits per heavy atom. The summed E-state index contributed by atoms with van der Waals surface area (Å²) in [4.78, 5) is 15.6. The molecule has 0 unspecified atom stereocenters. The number of aliphatic hydroxyl groups excluding tert-OH is 1. The summed E-state index contributed by atoms with van der Waals surface area (Å²) < 4.78 is 0. The average molecular weight is 290 g/mol. The fourth-order valence-corrected chi connectivity index (χ4v) is 2.18. The minimum atomic E-state index is -0.250. The molecule has 7 heteroatoms. The van der Waals surface area contributed by atoms with Crippen molar-refractivity contribution in [3.63, 3.8) is 0 Å². The van der Waals surface area contributed by atoms with Gasteiger partial charge in [-0.05, 0) is 18.2 Å². The fourth-order valence-electron chi connectivity index (χ4n) is 1.24. The van der Waals surface area contributed by atoms with Crippen LogP contribution in [0, 0.1) is 0 Å². The van der Waals surface area contributed by atoms with E-state index < -0.39 is 0 Å². The molecule has 0 aliphatic heterocycles. The Bertz CT molecular complexity index is 404. The van der Waals surface area contributed by atoms with Crippen LogP contribution in [0.3, 0.4) is 0 Å². The van der Waals surface area contributed by atoms with E-state index in [9.17, 15) is 4.79 Å². The molecule has 0 saturated carbocycles. The highest BCUT2D eigenvalue weighted by molar-refractivity contribution is 7.99. The van der Waals surface area contributed by atoms with Gasteiger partial charge in [-0.2, -0.15) is 11.8 Å². The first-order valence-electron chi connectivity index (χ1n) is 5.53. The summed E-state index contributed by atoms with van der Waals surface area (Å²) in [7, 11) is 0. The number of carbonyl (C=O) groups excluding carboxylic acids is 1. The molecule has 4 N–H and O–H groups in total. The second-order valence-corrected chi connectivity index (χ2v) is 5.15. The van der Waals surface area contributed by atoms with Gasteiger partial charge in [0.2, 0.25) is 0 Å². The zero-order valence-electron chi connectivity index (χ0n) is 9.86. The largest absolute Gasteiger partial charge is 0.397 e. The molecule has 0 bridgehead atoms.